The molecule has 3 aromatic rings. The molecule has 0 saturated carbocycles. The minimum Gasteiger partial charge on any atom is -0.507 e. The Bertz CT molecular complexity index is 1030. The summed E-state index contributed by atoms with van der Waals surface area (Å²) in [6.45, 7) is 7.84. The van der Waals surface area contributed by atoms with Crippen molar-refractivity contribution < 1.29 is 19.4 Å². The maximum absolute atomic E-state index is 12.6. The van der Waals surface area contributed by atoms with Gasteiger partial charge in [0, 0.05) is 5.56 Å². The summed E-state index contributed by atoms with van der Waals surface area (Å²) < 4.78 is 5.33. The highest BCUT2D eigenvalue weighted by Crippen LogP contribution is 2.26. The van der Waals surface area contributed by atoms with Gasteiger partial charge in [0.15, 0.2) is 6.10 Å². The molecule has 0 aromatic heterocycles. The Morgan fingerprint density at radius 1 is 0.929 bits per heavy atom. The molecule has 0 aliphatic carbocycles. The maximum Gasteiger partial charge on any atom is 0.342 e. The van der Waals surface area contributed by atoms with Crippen molar-refractivity contribution in [3.8, 4) is 5.75 Å². The van der Waals surface area contributed by atoms with Crippen molar-refractivity contribution >= 4 is 22.5 Å². The van der Waals surface area contributed by atoms with Crippen LogP contribution in [0.25, 0.3) is 10.8 Å². The van der Waals surface area contributed by atoms with E-state index in [1.165, 1.54) is 13.0 Å². The second-order valence-corrected chi connectivity index (χ2v) is 7.96. The van der Waals surface area contributed by atoms with Crippen LogP contribution in [0, 0.1) is 0 Å². The smallest absolute Gasteiger partial charge is 0.342 e. The molecule has 1 N–H and O–H groups in total. The van der Waals surface area contributed by atoms with Crippen LogP contribution in [-0.4, -0.2) is 23.0 Å². The fourth-order valence-electron chi connectivity index (χ4n) is 3.04. The van der Waals surface area contributed by atoms with Crippen molar-refractivity contribution in [3.05, 3.63) is 77.4 Å². The standard InChI is InChI=1S/C24H24O4/c1-15(22(26)16-9-11-19(12-10-16)24(2,3)4)28-23(27)20-13-17-7-5-6-8-18(17)14-21(20)25/h5-15,25H,1-4H3/t15-/m0/s1. The number of ketones is 1. The lowest BCUT2D eigenvalue weighted by molar-refractivity contribution is 0.0316. The lowest BCUT2D eigenvalue weighted by Crippen LogP contribution is -2.24. The summed E-state index contributed by atoms with van der Waals surface area (Å²) in [6, 6.07) is 17.8. The number of phenolic OH excluding ortho intramolecular Hbond substituents is 1. The van der Waals surface area contributed by atoms with Gasteiger partial charge in [-0.1, -0.05) is 69.3 Å². The number of benzene rings is 3. The van der Waals surface area contributed by atoms with E-state index in [9.17, 15) is 14.7 Å². The molecule has 0 spiro atoms. The molecular formula is C24H24O4. The number of fused-ring (bicyclic) bond motifs is 1. The first kappa shape index (κ1) is 19.6. The van der Waals surface area contributed by atoms with Crippen molar-refractivity contribution in [3.63, 3.8) is 0 Å². The number of Topliss-reactive ketones (excluding diaryl/α,β-unsaturated/α-hetero) is 1. The maximum atomic E-state index is 12.6. The van der Waals surface area contributed by atoms with Gasteiger partial charge in [0.25, 0.3) is 0 Å². The van der Waals surface area contributed by atoms with E-state index in [-0.39, 0.29) is 22.5 Å². The van der Waals surface area contributed by atoms with Gasteiger partial charge in [-0.2, -0.15) is 0 Å². The highest BCUT2D eigenvalue weighted by atomic mass is 16.5. The van der Waals surface area contributed by atoms with Crippen LogP contribution in [-0.2, 0) is 10.2 Å². The Balaban J connectivity index is 1.77. The second kappa shape index (κ2) is 7.47. The average molecular weight is 376 g/mol. The van der Waals surface area contributed by atoms with Crippen molar-refractivity contribution in [2.45, 2.75) is 39.2 Å². The van der Waals surface area contributed by atoms with Crippen LogP contribution < -0.4 is 0 Å². The molecule has 0 heterocycles. The zero-order valence-corrected chi connectivity index (χ0v) is 16.5. The molecule has 28 heavy (non-hydrogen) atoms. The van der Waals surface area contributed by atoms with E-state index in [2.05, 4.69) is 20.8 Å². The van der Waals surface area contributed by atoms with Crippen molar-refractivity contribution in [1.29, 1.82) is 0 Å². The lowest BCUT2D eigenvalue weighted by Gasteiger charge is -2.19. The quantitative estimate of drug-likeness (QED) is 0.498. The van der Waals surface area contributed by atoms with Crippen molar-refractivity contribution in [1.82, 2.24) is 0 Å². The van der Waals surface area contributed by atoms with Crippen LogP contribution in [0.2, 0.25) is 0 Å². The van der Waals surface area contributed by atoms with Gasteiger partial charge in [-0.15, -0.1) is 0 Å². The number of rotatable bonds is 4. The molecular weight excluding hydrogens is 352 g/mol. The van der Waals surface area contributed by atoms with Gasteiger partial charge in [0.05, 0.1) is 0 Å². The number of carbonyl (C=O) groups is 2. The van der Waals surface area contributed by atoms with Gasteiger partial charge in [0.1, 0.15) is 11.3 Å². The Labute approximate surface area is 164 Å². The van der Waals surface area contributed by atoms with E-state index in [4.69, 9.17) is 4.74 Å². The molecule has 3 rings (SSSR count). The Hall–Kier alpha value is -3.14. The minimum atomic E-state index is -0.959. The van der Waals surface area contributed by atoms with Gasteiger partial charge >= 0.3 is 5.97 Å². The molecule has 4 heteroatoms. The molecule has 4 nitrogen and oxygen atoms in total. The number of esters is 1. The molecule has 0 aliphatic rings. The number of carbonyl (C=O) groups excluding carboxylic acids is 2. The largest absolute Gasteiger partial charge is 0.507 e. The summed E-state index contributed by atoms with van der Waals surface area (Å²) in [7, 11) is 0. The summed E-state index contributed by atoms with van der Waals surface area (Å²) in [4.78, 5) is 25.1. The van der Waals surface area contributed by atoms with E-state index in [0.29, 0.717) is 5.56 Å². The van der Waals surface area contributed by atoms with Crippen LogP contribution in [0.4, 0.5) is 0 Å². The first-order chi connectivity index (χ1) is 13.2. The topological polar surface area (TPSA) is 63.6 Å². The SMILES string of the molecule is C[C@H](OC(=O)c1cc2ccccc2cc1O)C(=O)c1ccc(C(C)(C)C)cc1. The third-order valence-corrected chi connectivity index (χ3v) is 4.77. The van der Waals surface area contributed by atoms with Crippen LogP contribution in [0.1, 0.15) is 54.0 Å². The van der Waals surface area contributed by atoms with Crippen LogP contribution in [0.15, 0.2) is 60.7 Å². The van der Waals surface area contributed by atoms with Gasteiger partial charge in [0.2, 0.25) is 5.78 Å². The van der Waals surface area contributed by atoms with Gasteiger partial charge in [-0.05, 0) is 40.8 Å². The van der Waals surface area contributed by atoms with Crippen LogP contribution in [0.5, 0.6) is 5.75 Å². The zero-order chi connectivity index (χ0) is 20.5. The highest BCUT2D eigenvalue weighted by molar-refractivity contribution is 6.03. The van der Waals surface area contributed by atoms with Crippen molar-refractivity contribution in [2.24, 2.45) is 0 Å². The molecule has 0 amide bonds. The third kappa shape index (κ3) is 4.06. The number of hydrogen-bond donors (Lipinski definition) is 1. The average Bonchev–Trinajstić information content (AvgIpc) is 2.66. The van der Waals surface area contributed by atoms with Gasteiger partial charge < -0.3 is 9.84 Å². The third-order valence-electron chi connectivity index (χ3n) is 4.77. The molecule has 144 valence electrons. The Morgan fingerprint density at radius 2 is 1.50 bits per heavy atom. The van der Waals surface area contributed by atoms with E-state index >= 15 is 0 Å². The highest BCUT2D eigenvalue weighted by Gasteiger charge is 2.23. The molecule has 1 atom stereocenters. The van der Waals surface area contributed by atoms with Gasteiger partial charge in [-0.25, -0.2) is 4.79 Å². The van der Waals surface area contributed by atoms with E-state index in [1.54, 1.807) is 18.2 Å². The molecule has 0 radical (unpaired) electrons. The molecule has 0 bridgehead atoms. The fourth-order valence-corrected chi connectivity index (χ4v) is 3.04. The Kier molecular flexibility index (Phi) is 5.23. The van der Waals surface area contributed by atoms with E-state index in [0.717, 1.165) is 16.3 Å². The summed E-state index contributed by atoms with van der Waals surface area (Å²) in [5.74, 6) is -1.18. The molecule has 0 saturated heterocycles. The van der Waals surface area contributed by atoms with Crippen LogP contribution >= 0.6 is 0 Å². The normalized spacial score (nSPS) is 12.6. The lowest BCUT2D eigenvalue weighted by atomic mass is 9.86. The molecule has 0 fully saturated rings. The predicted molar refractivity (Wildman–Crippen MR) is 110 cm³/mol. The van der Waals surface area contributed by atoms with Crippen LogP contribution in [0.3, 0.4) is 0 Å². The summed E-state index contributed by atoms with van der Waals surface area (Å²) >= 11 is 0. The minimum absolute atomic E-state index is 0.00668. The molecule has 0 unspecified atom stereocenters. The number of aromatic hydroxyl groups is 1. The first-order valence-electron chi connectivity index (χ1n) is 9.24. The molecule has 3 aromatic carbocycles. The summed E-state index contributed by atoms with van der Waals surface area (Å²) in [6.07, 6.45) is -0.959. The Morgan fingerprint density at radius 3 is 2.07 bits per heavy atom. The van der Waals surface area contributed by atoms with Gasteiger partial charge in [-0.3, -0.25) is 4.79 Å². The fraction of sp³-hybridized carbons (Fsp3) is 0.250. The first-order valence-corrected chi connectivity index (χ1v) is 9.24. The number of hydrogen-bond acceptors (Lipinski definition) is 4. The van der Waals surface area contributed by atoms with E-state index < -0.39 is 12.1 Å². The number of ether oxygens (including phenoxy) is 1. The van der Waals surface area contributed by atoms with Crippen molar-refractivity contribution in [2.75, 3.05) is 0 Å². The summed E-state index contributed by atoms with van der Waals surface area (Å²) in [5, 5.41) is 11.8. The van der Waals surface area contributed by atoms with E-state index in [1.807, 2.05) is 36.4 Å². The monoisotopic (exact) mass is 376 g/mol. The predicted octanol–water partition coefficient (Wildman–Crippen LogP) is 5.27. The number of phenols is 1. The second-order valence-electron chi connectivity index (χ2n) is 7.96. The zero-order valence-electron chi connectivity index (χ0n) is 16.5. The summed E-state index contributed by atoms with van der Waals surface area (Å²) in [5.41, 5.74) is 1.64. The molecule has 0 aliphatic heterocycles.